The fraction of sp³-hybridized carbons (Fsp3) is 0.0769. The van der Waals surface area contributed by atoms with Crippen LogP contribution >= 0.6 is 11.8 Å². The number of nitrogen functional groups attached to an aromatic ring is 1. The third-order valence-corrected chi connectivity index (χ3v) is 3.46. The number of nitrogens with zero attached hydrogens (tertiary/aromatic N) is 1. The molecule has 18 heavy (non-hydrogen) atoms. The van der Waals surface area contributed by atoms with Crippen LogP contribution in [0.4, 0.5) is 5.69 Å². The number of anilines is 1. The molecule has 0 bridgehead atoms. The second kappa shape index (κ2) is 5.55. The third kappa shape index (κ3) is 2.81. The average molecular weight is 259 g/mol. The van der Waals surface area contributed by atoms with Crippen molar-refractivity contribution in [2.24, 2.45) is 0 Å². The van der Waals surface area contributed by atoms with E-state index < -0.39 is 0 Å². The van der Waals surface area contributed by atoms with Crippen molar-refractivity contribution in [3.05, 3.63) is 48.3 Å². The maximum absolute atomic E-state index is 11.6. The first-order valence-corrected chi connectivity index (χ1v) is 6.22. The number of pyridine rings is 1. The summed E-state index contributed by atoms with van der Waals surface area (Å²) >= 11 is 1.51. The van der Waals surface area contributed by atoms with E-state index in [2.05, 4.69) is 10.3 Å². The normalized spacial score (nSPS) is 10.1. The molecule has 2 aromatic rings. The molecule has 0 fully saturated rings. The summed E-state index contributed by atoms with van der Waals surface area (Å²) in [4.78, 5) is 17.4. The molecule has 0 spiro atoms. The summed E-state index contributed by atoms with van der Waals surface area (Å²) in [6, 6.07) is 9.05. The van der Waals surface area contributed by atoms with Gasteiger partial charge in [0, 0.05) is 40.5 Å². The average Bonchev–Trinajstić information content (AvgIpc) is 2.41. The van der Waals surface area contributed by atoms with Crippen molar-refractivity contribution in [1.82, 2.24) is 10.3 Å². The van der Waals surface area contributed by atoms with Crippen LogP contribution in [0.1, 0.15) is 10.4 Å². The lowest BCUT2D eigenvalue weighted by molar-refractivity contribution is 0.0963. The van der Waals surface area contributed by atoms with Gasteiger partial charge in [0.2, 0.25) is 0 Å². The highest BCUT2D eigenvalue weighted by Crippen LogP contribution is 2.32. The van der Waals surface area contributed by atoms with E-state index in [-0.39, 0.29) is 5.91 Å². The molecule has 0 saturated carbocycles. The van der Waals surface area contributed by atoms with E-state index in [0.717, 1.165) is 9.79 Å². The summed E-state index contributed by atoms with van der Waals surface area (Å²) in [5.74, 6) is -0.119. The number of hydrogen-bond acceptors (Lipinski definition) is 4. The Kier molecular flexibility index (Phi) is 3.84. The minimum absolute atomic E-state index is 0.119. The number of carbonyl (C=O) groups excluding carboxylic acids is 1. The Morgan fingerprint density at radius 1 is 1.28 bits per heavy atom. The molecule has 2 rings (SSSR count). The molecule has 3 N–H and O–H groups in total. The van der Waals surface area contributed by atoms with Gasteiger partial charge in [-0.05, 0) is 30.3 Å². The molecular weight excluding hydrogens is 246 g/mol. The first kappa shape index (κ1) is 12.4. The molecule has 0 radical (unpaired) electrons. The largest absolute Gasteiger partial charge is 0.398 e. The van der Waals surface area contributed by atoms with E-state index in [1.54, 1.807) is 37.6 Å². The first-order valence-electron chi connectivity index (χ1n) is 5.40. The highest BCUT2D eigenvalue weighted by Gasteiger charge is 2.08. The third-order valence-electron chi connectivity index (χ3n) is 2.38. The molecular formula is C13H13N3OS. The van der Waals surface area contributed by atoms with Gasteiger partial charge in [-0.25, -0.2) is 0 Å². The highest BCUT2D eigenvalue weighted by molar-refractivity contribution is 7.99. The zero-order valence-electron chi connectivity index (χ0n) is 9.88. The Bertz CT molecular complexity index is 557. The van der Waals surface area contributed by atoms with Gasteiger partial charge >= 0.3 is 0 Å². The molecule has 1 amide bonds. The number of rotatable bonds is 3. The van der Waals surface area contributed by atoms with Gasteiger partial charge in [0.1, 0.15) is 0 Å². The van der Waals surface area contributed by atoms with Gasteiger partial charge in [-0.15, -0.1) is 0 Å². The van der Waals surface area contributed by atoms with E-state index in [0.29, 0.717) is 11.3 Å². The second-order valence-corrected chi connectivity index (χ2v) is 4.73. The van der Waals surface area contributed by atoms with Crippen molar-refractivity contribution in [3.63, 3.8) is 0 Å². The number of aromatic nitrogens is 1. The molecule has 0 saturated heterocycles. The minimum atomic E-state index is -0.119. The van der Waals surface area contributed by atoms with Crippen LogP contribution in [0.3, 0.4) is 0 Å². The number of nitrogens with one attached hydrogen (secondary N) is 1. The van der Waals surface area contributed by atoms with Crippen molar-refractivity contribution in [2.45, 2.75) is 9.79 Å². The lowest BCUT2D eigenvalue weighted by Gasteiger charge is -2.07. The van der Waals surface area contributed by atoms with Gasteiger partial charge in [-0.3, -0.25) is 9.78 Å². The van der Waals surface area contributed by atoms with Gasteiger partial charge in [0.15, 0.2) is 0 Å². The number of nitrogens with two attached hydrogens (primary N) is 1. The van der Waals surface area contributed by atoms with E-state index in [1.165, 1.54) is 11.8 Å². The Morgan fingerprint density at radius 3 is 2.67 bits per heavy atom. The molecule has 0 aliphatic carbocycles. The second-order valence-electron chi connectivity index (χ2n) is 3.62. The standard InChI is InChI=1S/C13H13N3OS/c1-15-13(17)9-2-3-11(14)12(8-9)18-10-4-6-16-7-5-10/h2-8H,14H2,1H3,(H,15,17). The summed E-state index contributed by atoms with van der Waals surface area (Å²) < 4.78 is 0. The fourth-order valence-electron chi connectivity index (χ4n) is 1.44. The monoisotopic (exact) mass is 259 g/mol. The van der Waals surface area contributed by atoms with Gasteiger partial charge in [-0.1, -0.05) is 11.8 Å². The van der Waals surface area contributed by atoms with Crippen molar-refractivity contribution in [3.8, 4) is 0 Å². The number of benzene rings is 1. The summed E-state index contributed by atoms with van der Waals surface area (Å²) in [7, 11) is 1.61. The predicted octanol–water partition coefficient (Wildman–Crippen LogP) is 2.17. The first-order chi connectivity index (χ1) is 8.70. The maximum atomic E-state index is 11.6. The molecule has 0 aliphatic rings. The smallest absolute Gasteiger partial charge is 0.251 e. The molecule has 1 aromatic heterocycles. The van der Waals surface area contributed by atoms with E-state index >= 15 is 0 Å². The molecule has 4 nitrogen and oxygen atoms in total. The SMILES string of the molecule is CNC(=O)c1ccc(N)c(Sc2ccncc2)c1. The number of carbonyl (C=O) groups is 1. The van der Waals surface area contributed by atoms with E-state index in [9.17, 15) is 4.79 Å². The topological polar surface area (TPSA) is 68.0 Å². The van der Waals surface area contributed by atoms with Crippen LogP contribution in [0.25, 0.3) is 0 Å². The minimum Gasteiger partial charge on any atom is -0.398 e. The summed E-state index contributed by atoms with van der Waals surface area (Å²) in [6.45, 7) is 0. The maximum Gasteiger partial charge on any atom is 0.251 e. The van der Waals surface area contributed by atoms with Crippen molar-refractivity contribution in [1.29, 1.82) is 0 Å². The zero-order valence-corrected chi connectivity index (χ0v) is 10.7. The number of hydrogen-bond donors (Lipinski definition) is 2. The molecule has 0 unspecified atom stereocenters. The van der Waals surface area contributed by atoms with E-state index in [4.69, 9.17) is 5.73 Å². The quantitative estimate of drug-likeness (QED) is 0.829. The van der Waals surface area contributed by atoms with Gasteiger partial charge in [0.25, 0.3) is 5.91 Å². The van der Waals surface area contributed by atoms with Crippen LogP contribution < -0.4 is 11.1 Å². The van der Waals surface area contributed by atoms with Crippen LogP contribution in [0.15, 0.2) is 52.5 Å². The van der Waals surface area contributed by atoms with Gasteiger partial charge in [-0.2, -0.15) is 0 Å². The van der Waals surface area contributed by atoms with Gasteiger partial charge < -0.3 is 11.1 Å². The molecule has 92 valence electrons. The van der Waals surface area contributed by atoms with Gasteiger partial charge in [0.05, 0.1) is 0 Å². The number of amides is 1. The predicted molar refractivity (Wildman–Crippen MR) is 72.6 cm³/mol. The summed E-state index contributed by atoms with van der Waals surface area (Å²) in [6.07, 6.45) is 3.45. The van der Waals surface area contributed by atoms with Crippen molar-refractivity contribution >= 4 is 23.4 Å². The zero-order chi connectivity index (χ0) is 13.0. The van der Waals surface area contributed by atoms with Crippen LogP contribution in [0, 0.1) is 0 Å². The molecule has 1 aromatic carbocycles. The van der Waals surface area contributed by atoms with Crippen LogP contribution in [0.5, 0.6) is 0 Å². The summed E-state index contributed by atoms with van der Waals surface area (Å²) in [5, 5.41) is 2.59. The van der Waals surface area contributed by atoms with Crippen molar-refractivity contribution < 1.29 is 4.79 Å². The Balaban J connectivity index is 2.30. The molecule has 1 heterocycles. The lowest BCUT2D eigenvalue weighted by atomic mass is 10.2. The van der Waals surface area contributed by atoms with Crippen LogP contribution in [0.2, 0.25) is 0 Å². The fourth-order valence-corrected chi connectivity index (χ4v) is 2.33. The lowest BCUT2D eigenvalue weighted by Crippen LogP contribution is -2.17. The van der Waals surface area contributed by atoms with Crippen LogP contribution in [-0.4, -0.2) is 17.9 Å². The van der Waals surface area contributed by atoms with Crippen molar-refractivity contribution in [2.75, 3.05) is 12.8 Å². The molecule has 0 atom stereocenters. The Hall–Kier alpha value is -2.01. The van der Waals surface area contributed by atoms with Crippen LogP contribution in [-0.2, 0) is 0 Å². The van der Waals surface area contributed by atoms with E-state index in [1.807, 2.05) is 12.1 Å². The molecule has 0 aliphatic heterocycles. The summed E-state index contributed by atoms with van der Waals surface area (Å²) in [5.41, 5.74) is 7.17. The highest BCUT2D eigenvalue weighted by atomic mass is 32.2. The Labute approximate surface area is 110 Å². The molecule has 5 heteroatoms. The Morgan fingerprint density at radius 2 is 2.00 bits per heavy atom.